The molecule has 0 aliphatic rings. The van der Waals surface area contributed by atoms with Crippen LogP contribution < -0.4 is 4.90 Å². The summed E-state index contributed by atoms with van der Waals surface area (Å²) in [6, 6.07) is 0. The van der Waals surface area contributed by atoms with E-state index in [4.69, 9.17) is 0 Å². The van der Waals surface area contributed by atoms with Crippen molar-refractivity contribution in [1.29, 1.82) is 0 Å². The molecule has 0 aliphatic heterocycles. The standard InChI is InChI=1S/C5H6N2O.W/c1-7(2)5-3-6-8-4-5;/h1,3-4H,2H3;. The number of nitrogens with zero attached hydrogens (tertiary/aromatic N) is 2. The summed E-state index contributed by atoms with van der Waals surface area (Å²) in [7, 11) is 1.96. The maximum absolute atomic E-state index is 4.64. The van der Waals surface area contributed by atoms with Gasteiger partial charge in [0.15, 0.2) is 0 Å². The Morgan fingerprint density at radius 1 is 1.89 bits per heavy atom. The van der Waals surface area contributed by atoms with E-state index in [1.807, 2.05) is 16.5 Å². The third-order valence-corrected chi connectivity index (χ3v) is 2.12. The van der Waals surface area contributed by atoms with Crippen LogP contribution in [-0.2, 0) is 19.4 Å². The predicted octanol–water partition coefficient (Wildman–Crippen LogP) is 0.417. The molecule has 0 amide bonds. The summed E-state index contributed by atoms with van der Waals surface area (Å²) < 4.78 is 6.66. The Morgan fingerprint density at radius 3 is 3.11 bits per heavy atom. The van der Waals surface area contributed by atoms with Gasteiger partial charge in [0.25, 0.3) is 0 Å². The van der Waals surface area contributed by atoms with Crippen LogP contribution in [0.4, 0.5) is 5.69 Å². The molecule has 1 aromatic rings. The van der Waals surface area contributed by atoms with Gasteiger partial charge in [0.05, 0.1) is 0 Å². The van der Waals surface area contributed by atoms with Crippen LogP contribution in [-0.4, -0.2) is 16.7 Å². The molecule has 0 atom stereocenters. The van der Waals surface area contributed by atoms with E-state index in [0.717, 1.165) is 5.69 Å². The Labute approximate surface area is 64.0 Å². The van der Waals surface area contributed by atoms with Gasteiger partial charge in [-0.2, -0.15) is 0 Å². The third kappa shape index (κ3) is 1.49. The SMILES string of the molecule is CN([CH]=[W])c1cnoc1. The summed E-state index contributed by atoms with van der Waals surface area (Å²) >= 11 is 1.41. The Morgan fingerprint density at radius 2 is 2.67 bits per heavy atom. The van der Waals surface area contributed by atoms with E-state index in [2.05, 4.69) is 9.68 Å². The van der Waals surface area contributed by atoms with Gasteiger partial charge >= 0.3 is 63.7 Å². The molecule has 9 heavy (non-hydrogen) atoms. The molecule has 1 aromatic heterocycles. The topological polar surface area (TPSA) is 29.3 Å². The zero-order chi connectivity index (χ0) is 6.69. The minimum atomic E-state index is 0.991. The molecular weight excluding hydrogens is 288 g/mol. The van der Waals surface area contributed by atoms with E-state index in [0.29, 0.717) is 0 Å². The first-order valence-corrected chi connectivity index (χ1v) is 4.11. The van der Waals surface area contributed by atoms with Crippen molar-refractivity contribution in [2.45, 2.75) is 0 Å². The van der Waals surface area contributed by atoms with Crippen molar-refractivity contribution in [3.63, 3.8) is 0 Å². The fourth-order valence-corrected chi connectivity index (χ4v) is 0.872. The molecule has 0 unspecified atom stereocenters. The van der Waals surface area contributed by atoms with Crippen LogP contribution in [0.2, 0.25) is 0 Å². The first-order chi connectivity index (χ1) is 4.34. The first kappa shape index (κ1) is 6.69. The second kappa shape index (κ2) is 2.92. The molecule has 1 rings (SSSR count). The zero-order valence-corrected chi connectivity index (χ0v) is 7.88. The molecule has 0 N–H and O–H groups in total. The molecule has 0 fully saturated rings. The Kier molecular flexibility index (Phi) is 2.17. The monoisotopic (exact) mass is 294 g/mol. The Hall–Kier alpha value is -0.432. The van der Waals surface area contributed by atoms with Crippen molar-refractivity contribution in [1.82, 2.24) is 5.16 Å². The van der Waals surface area contributed by atoms with Crippen molar-refractivity contribution >= 4 is 10.2 Å². The number of aromatic nitrogens is 1. The van der Waals surface area contributed by atoms with Crippen LogP contribution in [0, 0.1) is 0 Å². The van der Waals surface area contributed by atoms with Gasteiger partial charge in [-0.1, -0.05) is 0 Å². The van der Waals surface area contributed by atoms with E-state index in [1.165, 1.54) is 19.4 Å². The molecule has 48 valence electrons. The molecule has 1 heterocycles. The quantitative estimate of drug-likeness (QED) is 0.791. The fraction of sp³-hybridized carbons (Fsp3) is 0.200. The van der Waals surface area contributed by atoms with Crippen molar-refractivity contribution < 1.29 is 23.9 Å². The molecule has 0 bridgehead atoms. The molecular formula is C5H6N2OW. The van der Waals surface area contributed by atoms with Crippen molar-refractivity contribution in [2.24, 2.45) is 0 Å². The van der Waals surface area contributed by atoms with Crippen LogP contribution in [0.3, 0.4) is 0 Å². The maximum atomic E-state index is 4.64. The average Bonchev–Trinajstić information content (AvgIpc) is 2.37. The predicted molar refractivity (Wildman–Crippen MR) is 31.0 cm³/mol. The van der Waals surface area contributed by atoms with E-state index < -0.39 is 0 Å². The van der Waals surface area contributed by atoms with Gasteiger partial charge in [0, 0.05) is 0 Å². The Balaban J connectivity index is 2.76. The van der Waals surface area contributed by atoms with E-state index in [1.54, 1.807) is 12.5 Å². The zero-order valence-electron chi connectivity index (χ0n) is 4.94. The number of anilines is 1. The minimum absolute atomic E-state index is 0.991. The van der Waals surface area contributed by atoms with E-state index in [9.17, 15) is 0 Å². The van der Waals surface area contributed by atoms with Gasteiger partial charge in [-0.15, -0.1) is 0 Å². The molecule has 4 heteroatoms. The van der Waals surface area contributed by atoms with Gasteiger partial charge < -0.3 is 0 Å². The average molecular weight is 294 g/mol. The summed E-state index contributed by atoms with van der Waals surface area (Å²) in [4.78, 5) is 1.96. The van der Waals surface area contributed by atoms with Gasteiger partial charge in [0.1, 0.15) is 0 Å². The normalized spacial score (nSPS) is 9.00. The summed E-state index contributed by atoms with van der Waals surface area (Å²) in [5, 5.41) is 3.56. The molecule has 0 spiro atoms. The van der Waals surface area contributed by atoms with Gasteiger partial charge in [0.2, 0.25) is 0 Å². The van der Waals surface area contributed by atoms with Crippen molar-refractivity contribution in [3.8, 4) is 0 Å². The summed E-state index contributed by atoms with van der Waals surface area (Å²) in [6.45, 7) is 0. The molecule has 3 nitrogen and oxygen atoms in total. The first-order valence-electron chi connectivity index (χ1n) is 2.42. The summed E-state index contributed by atoms with van der Waals surface area (Å²) in [6.07, 6.45) is 3.29. The van der Waals surface area contributed by atoms with Crippen molar-refractivity contribution in [3.05, 3.63) is 12.5 Å². The van der Waals surface area contributed by atoms with Gasteiger partial charge in [-0.05, 0) is 0 Å². The second-order valence-electron chi connectivity index (χ2n) is 1.60. The van der Waals surface area contributed by atoms with Crippen molar-refractivity contribution in [2.75, 3.05) is 11.9 Å². The molecule has 0 aromatic carbocycles. The van der Waals surface area contributed by atoms with Crippen LogP contribution in [0.25, 0.3) is 0 Å². The molecule has 0 saturated heterocycles. The molecule has 0 saturated carbocycles. The van der Waals surface area contributed by atoms with Crippen LogP contribution in [0.5, 0.6) is 0 Å². The van der Waals surface area contributed by atoms with E-state index in [-0.39, 0.29) is 0 Å². The molecule has 0 radical (unpaired) electrons. The summed E-state index contributed by atoms with van der Waals surface area (Å²) in [5.74, 6) is 0. The van der Waals surface area contributed by atoms with Crippen LogP contribution >= 0.6 is 0 Å². The summed E-state index contributed by atoms with van der Waals surface area (Å²) in [5.41, 5.74) is 0.991. The fourth-order valence-electron chi connectivity index (χ4n) is 0.434. The number of hydrogen-bond donors (Lipinski definition) is 0. The van der Waals surface area contributed by atoms with Crippen LogP contribution in [0.1, 0.15) is 0 Å². The van der Waals surface area contributed by atoms with Gasteiger partial charge in [-0.25, -0.2) is 0 Å². The molecule has 0 aliphatic carbocycles. The second-order valence-corrected chi connectivity index (χ2v) is 2.36. The third-order valence-electron chi connectivity index (χ3n) is 0.985. The Bertz CT molecular complexity index is 185. The van der Waals surface area contributed by atoms with E-state index >= 15 is 0 Å². The number of rotatable bonds is 2. The van der Waals surface area contributed by atoms with Gasteiger partial charge in [-0.3, -0.25) is 0 Å². The number of hydrogen-bond acceptors (Lipinski definition) is 3. The van der Waals surface area contributed by atoms with Crippen LogP contribution in [0.15, 0.2) is 17.0 Å².